The molecular formula is C19H16F2N4O2. The van der Waals surface area contributed by atoms with Gasteiger partial charge in [0.05, 0.1) is 25.2 Å². The number of halogens is 2. The number of carbonyl (C=O) groups is 1. The largest absolute Gasteiger partial charge is 0.495 e. The predicted octanol–water partition coefficient (Wildman–Crippen LogP) is 4.07. The van der Waals surface area contributed by atoms with E-state index in [-0.39, 0.29) is 17.2 Å². The van der Waals surface area contributed by atoms with E-state index in [9.17, 15) is 13.6 Å². The number of para-hydroxylation sites is 1. The molecule has 3 rings (SSSR count). The lowest BCUT2D eigenvalue weighted by Crippen LogP contribution is -2.15. The summed E-state index contributed by atoms with van der Waals surface area (Å²) in [6.07, 6.45) is 2.42. The number of ether oxygens (including phenoxy) is 1. The Morgan fingerprint density at radius 3 is 2.44 bits per heavy atom. The summed E-state index contributed by atoms with van der Waals surface area (Å²) in [6.45, 7) is 1.89. The molecule has 0 radical (unpaired) electrons. The number of aryl methyl sites for hydroxylation is 1. The van der Waals surface area contributed by atoms with Gasteiger partial charge in [0, 0.05) is 0 Å². The van der Waals surface area contributed by atoms with Gasteiger partial charge in [-0.25, -0.2) is 18.7 Å². The normalized spacial score (nSPS) is 10.4. The highest BCUT2D eigenvalue weighted by atomic mass is 19.1. The number of methoxy groups -OCH3 is 1. The van der Waals surface area contributed by atoms with Crippen LogP contribution in [0.25, 0.3) is 0 Å². The number of amides is 1. The molecule has 2 N–H and O–H groups in total. The Hall–Kier alpha value is -3.55. The van der Waals surface area contributed by atoms with Gasteiger partial charge in [-0.2, -0.15) is 0 Å². The van der Waals surface area contributed by atoms with Gasteiger partial charge in [-0.05, 0) is 36.8 Å². The third-order valence-electron chi connectivity index (χ3n) is 3.70. The fourth-order valence-corrected chi connectivity index (χ4v) is 2.36. The number of carbonyl (C=O) groups excluding carboxylic acids is 1. The highest BCUT2D eigenvalue weighted by molar-refractivity contribution is 6.03. The van der Waals surface area contributed by atoms with Gasteiger partial charge in [-0.1, -0.05) is 12.1 Å². The van der Waals surface area contributed by atoms with Crippen molar-refractivity contribution in [3.63, 3.8) is 0 Å². The average molecular weight is 370 g/mol. The summed E-state index contributed by atoms with van der Waals surface area (Å²) in [6, 6.07) is 8.87. The zero-order chi connectivity index (χ0) is 19.4. The molecule has 27 heavy (non-hydrogen) atoms. The van der Waals surface area contributed by atoms with Crippen LogP contribution < -0.4 is 15.4 Å². The van der Waals surface area contributed by atoms with Crippen LogP contribution in [0, 0.1) is 18.6 Å². The molecule has 6 nitrogen and oxygen atoms in total. The smallest absolute Gasteiger partial charge is 0.275 e. The van der Waals surface area contributed by atoms with Gasteiger partial charge in [0.25, 0.3) is 5.91 Å². The van der Waals surface area contributed by atoms with Crippen LogP contribution in [0.1, 0.15) is 16.1 Å². The highest BCUT2D eigenvalue weighted by Crippen LogP contribution is 2.26. The molecule has 0 aliphatic heterocycles. The van der Waals surface area contributed by atoms with E-state index in [1.54, 1.807) is 12.1 Å². The molecule has 0 aliphatic rings. The van der Waals surface area contributed by atoms with E-state index >= 15 is 0 Å². The van der Waals surface area contributed by atoms with Crippen LogP contribution >= 0.6 is 0 Å². The minimum atomic E-state index is -0.759. The van der Waals surface area contributed by atoms with Crippen LogP contribution in [0.3, 0.4) is 0 Å². The van der Waals surface area contributed by atoms with Crippen molar-refractivity contribution >= 4 is 23.1 Å². The maximum Gasteiger partial charge on any atom is 0.275 e. The second kappa shape index (κ2) is 7.77. The van der Waals surface area contributed by atoms with Crippen molar-refractivity contribution in [1.82, 2.24) is 9.97 Å². The molecule has 0 aliphatic carbocycles. The lowest BCUT2D eigenvalue weighted by molar-refractivity contribution is 0.102. The first-order valence-corrected chi connectivity index (χ1v) is 7.97. The van der Waals surface area contributed by atoms with E-state index in [0.717, 1.165) is 17.7 Å². The first kappa shape index (κ1) is 18.2. The van der Waals surface area contributed by atoms with E-state index < -0.39 is 17.5 Å². The summed E-state index contributed by atoms with van der Waals surface area (Å²) in [5.74, 6) is -1.40. The van der Waals surface area contributed by atoms with Gasteiger partial charge in [0.1, 0.15) is 34.6 Å². The molecule has 0 spiro atoms. The lowest BCUT2D eigenvalue weighted by Gasteiger charge is -2.11. The van der Waals surface area contributed by atoms with Crippen molar-refractivity contribution in [2.45, 2.75) is 6.92 Å². The lowest BCUT2D eigenvalue weighted by atomic mass is 10.2. The summed E-state index contributed by atoms with van der Waals surface area (Å²) in [5, 5.41) is 5.21. The average Bonchev–Trinajstić information content (AvgIpc) is 2.65. The quantitative estimate of drug-likeness (QED) is 0.708. The molecule has 0 fully saturated rings. The van der Waals surface area contributed by atoms with Crippen LogP contribution in [-0.2, 0) is 0 Å². The topological polar surface area (TPSA) is 76.1 Å². The summed E-state index contributed by atoms with van der Waals surface area (Å²) >= 11 is 0. The minimum absolute atomic E-state index is 0.0399. The number of anilines is 3. The van der Waals surface area contributed by atoms with E-state index in [0.29, 0.717) is 11.4 Å². The second-order valence-electron chi connectivity index (χ2n) is 5.67. The summed E-state index contributed by atoms with van der Waals surface area (Å²) < 4.78 is 32.5. The number of rotatable bonds is 5. The van der Waals surface area contributed by atoms with E-state index in [2.05, 4.69) is 20.6 Å². The van der Waals surface area contributed by atoms with Crippen LogP contribution in [-0.4, -0.2) is 23.0 Å². The Morgan fingerprint density at radius 2 is 1.81 bits per heavy atom. The van der Waals surface area contributed by atoms with Crippen molar-refractivity contribution < 1.29 is 18.3 Å². The number of benzene rings is 2. The zero-order valence-corrected chi connectivity index (χ0v) is 14.6. The molecular weight excluding hydrogens is 354 g/mol. The number of hydrogen-bond donors (Lipinski definition) is 2. The minimum Gasteiger partial charge on any atom is -0.495 e. The van der Waals surface area contributed by atoms with Crippen molar-refractivity contribution in [2.75, 3.05) is 17.7 Å². The Morgan fingerprint density at radius 1 is 1.07 bits per heavy atom. The van der Waals surface area contributed by atoms with Gasteiger partial charge in [-0.15, -0.1) is 0 Å². The Balaban J connectivity index is 1.75. The number of hydrogen-bond acceptors (Lipinski definition) is 5. The number of nitrogens with one attached hydrogen (secondary N) is 2. The molecule has 1 amide bonds. The molecule has 1 heterocycles. The number of nitrogens with zero attached hydrogens (tertiary/aromatic N) is 2. The molecule has 0 bridgehead atoms. The highest BCUT2D eigenvalue weighted by Gasteiger charge is 2.13. The Labute approximate surface area is 154 Å². The molecule has 0 saturated carbocycles. The third kappa shape index (κ3) is 4.17. The first-order valence-electron chi connectivity index (χ1n) is 7.97. The van der Waals surface area contributed by atoms with Crippen LogP contribution in [0.4, 0.5) is 26.0 Å². The van der Waals surface area contributed by atoms with Crippen molar-refractivity contribution in [2.24, 2.45) is 0 Å². The van der Waals surface area contributed by atoms with Gasteiger partial charge in [0.15, 0.2) is 0 Å². The van der Waals surface area contributed by atoms with Crippen molar-refractivity contribution in [1.29, 1.82) is 0 Å². The molecule has 8 heteroatoms. The van der Waals surface area contributed by atoms with E-state index in [1.165, 1.54) is 25.6 Å². The number of aromatic nitrogens is 2. The van der Waals surface area contributed by atoms with Crippen molar-refractivity contribution in [3.8, 4) is 5.75 Å². The van der Waals surface area contributed by atoms with Gasteiger partial charge < -0.3 is 15.4 Å². The fraction of sp³-hybridized carbons (Fsp3) is 0.105. The summed E-state index contributed by atoms with van der Waals surface area (Å²) in [4.78, 5) is 20.3. The standard InChI is InChI=1S/C19H16F2N4O2/c1-11-6-7-16(27-2)14(8-11)24-19(26)15-9-23-17(10-22-15)25-18-12(20)4-3-5-13(18)21/h3-10H,1-2H3,(H,23,25)(H,24,26). The molecule has 138 valence electrons. The van der Waals surface area contributed by atoms with Crippen LogP contribution in [0.5, 0.6) is 5.75 Å². The maximum absolute atomic E-state index is 13.7. The monoisotopic (exact) mass is 370 g/mol. The Bertz CT molecular complexity index is 958. The van der Waals surface area contributed by atoms with Crippen LogP contribution in [0.2, 0.25) is 0 Å². The van der Waals surface area contributed by atoms with E-state index in [1.807, 2.05) is 13.0 Å². The SMILES string of the molecule is COc1ccc(C)cc1NC(=O)c1cnc(Nc2c(F)cccc2F)cn1. The zero-order valence-electron chi connectivity index (χ0n) is 14.6. The van der Waals surface area contributed by atoms with Gasteiger partial charge in [0.2, 0.25) is 0 Å². The van der Waals surface area contributed by atoms with Crippen molar-refractivity contribution in [3.05, 3.63) is 71.7 Å². The molecule has 0 atom stereocenters. The van der Waals surface area contributed by atoms with Crippen LogP contribution in [0.15, 0.2) is 48.8 Å². The second-order valence-corrected chi connectivity index (χ2v) is 5.67. The van der Waals surface area contributed by atoms with E-state index in [4.69, 9.17) is 4.74 Å². The molecule has 0 unspecified atom stereocenters. The molecule has 0 saturated heterocycles. The summed E-state index contributed by atoms with van der Waals surface area (Å²) in [5.41, 5.74) is 1.15. The third-order valence-corrected chi connectivity index (χ3v) is 3.70. The summed E-state index contributed by atoms with van der Waals surface area (Å²) in [7, 11) is 1.50. The fourth-order valence-electron chi connectivity index (χ4n) is 2.36. The van der Waals surface area contributed by atoms with Gasteiger partial charge >= 0.3 is 0 Å². The predicted molar refractivity (Wildman–Crippen MR) is 97.4 cm³/mol. The molecule has 2 aromatic carbocycles. The first-order chi connectivity index (χ1) is 13.0. The Kier molecular flexibility index (Phi) is 5.25. The molecule has 3 aromatic rings. The maximum atomic E-state index is 13.7. The molecule has 1 aromatic heterocycles. The van der Waals surface area contributed by atoms with Gasteiger partial charge in [-0.3, -0.25) is 4.79 Å².